The van der Waals surface area contributed by atoms with Crippen molar-refractivity contribution in [3.8, 4) is 0 Å². The number of hydrogen-bond donors (Lipinski definition) is 0. The van der Waals surface area contributed by atoms with Gasteiger partial charge in [0.05, 0.1) is 10.3 Å². The minimum atomic E-state index is -0.366. The lowest BCUT2D eigenvalue weighted by molar-refractivity contribution is -0.383. The first-order chi connectivity index (χ1) is 11.1. The van der Waals surface area contributed by atoms with E-state index in [4.69, 9.17) is 0 Å². The third-order valence-electron chi connectivity index (χ3n) is 4.05. The molecule has 5 nitrogen and oxygen atoms in total. The van der Waals surface area contributed by atoms with Gasteiger partial charge in [0.2, 0.25) is 0 Å². The van der Waals surface area contributed by atoms with Gasteiger partial charge in [-0.2, -0.15) is 0 Å². The zero-order valence-corrected chi connectivity index (χ0v) is 13.1. The number of non-ortho nitro benzene ring substituents is 1. The molecule has 3 aromatic rings. The quantitative estimate of drug-likeness (QED) is 0.538. The monoisotopic (exact) mass is 307 g/mol. The molecule has 1 aromatic heterocycles. The van der Waals surface area contributed by atoms with Crippen LogP contribution in [-0.2, 0) is 6.54 Å². The molecule has 0 atom stereocenters. The van der Waals surface area contributed by atoms with E-state index < -0.39 is 0 Å². The highest BCUT2D eigenvalue weighted by atomic mass is 16.6. The highest BCUT2D eigenvalue weighted by Gasteiger charge is 2.16. The largest absolute Gasteiger partial charge is 0.370 e. The number of nitro benzene ring substituents is 1. The maximum atomic E-state index is 11.2. The van der Waals surface area contributed by atoms with Crippen LogP contribution in [0.1, 0.15) is 11.1 Å². The van der Waals surface area contributed by atoms with E-state index >= 15 is 0 Å². The molecule has 3 rings (SSSR count). The molecule has 0 N–H and O–H groups in total. The summed E-state index contributed by atoms with van der Waals surface area (Å²) in [4.78, 5) is 17.0. The molecule has 2 aromatic carbocycles. The fraction of sp³-hybridized carbons (Fsp3) is 0.167. The van der Waals surface area contributed by atoms with Crippen molar-refractivity contribution >= 4 is 22.1 Å². The van der Waals surface area contributed by atoms with E-state index in [9.17, 15) is 10.1 Å². The van der Waals surface area contributed by atoms with Gasteiger partial charge in [-0.25, -0.2) is 0 Å². The molecule has 0 fully saturated rings. The molecule has 0 saturated heterocycles. The summed E-state index contributed by atoms with van der Waals surface area (Å²) in [7, 11) is 1.99. The molecule has 23 heavy (non-hydrogen) atoms. The third-order valence-corrected chi connectivity index (χ3v) is 4.05. The lowest BCUT2D eigenvalue weighted by Crippen LogP contribution is -2.17. The molecular formula is C18H17N3O2. The Kier molecular flexibility index (Phi) is 3.93. The molecule has 5 heteroatoms. The van der Waals surface area contributed by atoms with Crippen molar-refractivity contribution < 1.29 is 4.92 Å². The molecular weight excluding hydrogens is 290 g/mol. The van der Waals surface area contributed by atoms with Crippen molar-refractivity contribution in [2.45, 2.75) is 13.5 Å². The Hall–Kier alpha value is -2.95. The Morgan fingerprint density at radius 3 is 2.65 bits per heavy atom. The molecule has 1 heterocycles. The van der Waals surface area contributed by atoms with Crippen LogP contribution in [0.2, 0.25) is 0 Å². The molecule has 0 bridgehead atoms. The Bertz CT molecular complexity index is 877. The van der Waals surface area contributed by atoms with Gasteiger partial charge in [0.25, 0.3) is 5.69 Å². The molecule has 0 amide bonds. The van der Waals surface area contributed by atoms with Crippen LogP contribution in [0.4, 0.5) is 11.4 Å². The van der Waals surface area contributed by atoms with Crippen molar-refractivity contribution in [1.82, 2.24) is 4.98 Å². The number of aromatic nitrogens is 1. The van der Waals surface area contributed by atoms with Gasteiger partial charge >= 0.3 is 0 Å². The van der Waals surface area contributed by atoms with Crippen molar-refractivity contribution in [3.05, 3.63) is 76.1 Å². The van der Waals surface area contributed by atoms with E-state index in [1.54, 1.807) is 24.5 Å². The Labute approximate surface area is 134 Å². The standard InChI is InChI=1S/C18H17N3O2/c1-13-5-3-4-6-14(13)12-20(2)17-7-8-18(21(22)23)16-11-19-10-9-15(16)17/h3-11H,12H2,1-2H3. The first-order valence-corrected chi connectivity index (χ1v) is 7.34. The van der Waals surface area contributed by atoms with Gasteiger partial charge in [-0.05, 0) is 30.2 Å². The average molecular weight is 307 g/mol. The summed E-state index contributed by atoms with van der Waals surface area (Å²) in [5.41, 5.74) is 3.50. The predicted octanol–water partition coefficient (Wildman–Crippen LogP) is 4.09. The molecule has 0 aliphatic rings. The molecule has 116 valence electrons. The first-order valence-electron chi connectivity index (χ1n) is 7.34. The maximum absolute atomic E-state index is 11.2. The summed E-state index contributed by atoms with van der Waals surface area (Å²) in [5.74, 6) is 0. The lowest BCUT2D eigenvalue weighted by atomic mass is 10.1. The van der Waals surface area contributed by atoms with Crippen LogP contribution in [0.3, 0.4) is 0 Å². The maximum Gasteiger partial charge on any atom is 0.278 e. The third kappa shape index (κ3) is 2.85. The van der Waals surface area contributed by atoms with Crippen molar-refractivity contribution in [2.75, 3.05) is 11.9 Å². The second kappa shape index (κ2) is 6.04. The molecule has 0 radical (unpaired) electrons. The van der Waals surface area contributed by atoms with E-state index in [1.165, 1.54) is 11.1 Å². The number of benzene rings is 2. The van der Waals surface area contributed by atoms with Crippen molar-refractivity contribution in [3.63, 3.8) is 0 Å². The van der Waals surface area contributed by atoms with Gasteiger partial charge in [0.15, 0.2) is 0 Å². The summed E-state index contributed by atoms with van der Waals surface area (Å²) >= 11 is 0. The first kappa shape index (κ1) is 15.0. The average Bonchev–Trinajstić information content (AvgIpc) is 2.55. The lowest BCUT2D eigenvalue weighted by Gasteiger charge is -2.22. The zero-order valence-electron chi connectivity index (χ0n) is 13.1. The Balaban J connectivity index is 2.05. The summed E-state index contributed by atoms with van der Waals surface area (Å²) in [6.07, 6.45) is 3.22. The van der Waals surface area contributed by atoms with Crippen molar-refractivity contribution in [1.29, 1.82) is 0 Å². The van der Waals surface area contributed by atoms with Crippen LogP contribution in [0.5, 0.6) is 0 Å². The highest BCUT2D eigenvalue weighted by molar-refractivity contribution is 5.99. The molecule has 0 saturated carbocycles. The van der Waals surface area contributed by atoms with Crippen LogP contribution >= 0.6 is 0 Å². The second-order valence-corrected chi connectivity index (χ2v) is 5.56. The fourth-order valence-electron chi connectivity index (χ4n) is 2.78. The fourth-order valence-corrected chi connectivity index (χ4v) is 2.78. The van der Waals surface area contributed by atoms with Gasteiger partial charge in [-0.15, -0.1) is 0 Å². The van der Waals surface area contributed by atoms with Gasteiger partial charge in [-0.1, -0.05) is 24.3 Å². The van der Waals surface area contributed by atoms with Crippen LogP contribution < -0.4 is 4.90 Å². The number of aryl methyl sites for hydroxylation is 1. The van der Waals surface area contributed by atoms with Crippen molar-refractivity contribution in [2.24, 2.45) is 0 Å². The van der Waals surface area contributed by atoms with Crippen LogP contribution in [0, 0.1) is 17.0 Å². The highest BCUT2D eigenvalue weighted by Crippen LogP contribution is 2.33. The van der Waals surface area contributed by atoms with Gasteiger partial charge < -0.3 is 4.90 Å². The number of fused-ring (bicyclic) bond motifs is 1. The topological polar surface area (TPSA) is 59.3 Å². The smallest absolute Gasteiger partial charge is 0.278 e. The molecule has 0 spiro atoms. The van der Waals surface area contributed by atoms with Crippen LogP contribution in [-0.4, -0.2) is 17.0 Å². The van der Waals surface area contributed by atoms with E-state index in [1.807, 2.05) is 25.2 Å². The van der Waals surface area contributed by atoms with Gasteiger partial charge in [0, 0.05) is 43.1 Å². The number of rotatable bonds is 4. The van der Waals surface area contributed by atoms with E-state index in [0.717, 1.165) is 17.6 Å². The molecule has 0 aliphatic carbocycles. The van der Waals surface area contributed by atoms with E-state index in [-0.39, 0.29) is 10.6 Å². The normalized spacial score (nSPS) is 10.7. The van der Waals surface area contributed by atoms with Crippen LogP contribution in [0.25, 0.3) is 10.8 Å². The number of hydrogen-bond acceptors (Lipinski definition) is 4. The predicted molar refractivity (Wildman–Crippen MR) is 91.7 cm³/mol. The number of nitrogens with zero attached hydrogens (tertiary/aromatic N) is 3. The van der Waals surface area contributed by atoms with E-state index in [0.29, 0.717) is 5.39 Å². The van der Waals surface area contributed by atoms with Gasteiger partial charge in [-0.3, -0.25) is 15.1 Å². The summed E-state index contributed by atoms with van der Waals surface area (Å²) in [6, 6.07) is 13.4. The van der Waals surface area contributed by atoms with Gasteiger partial charge in [0.1, 0.15) is 0 Å². The summed E-state index contributed by atoms with van der Waals surface area (Å²) in [6.45, 7) is 2.82. The Morgan fingerprint density at radius 1 is 1.13 bits per heavy atom. The number of nitro groups is 1. The van der Waals surface area contributed by atoms with Crippen LogP contribution in [0.15, 0.2) is 54.9 Å². The minimum Gasteiger partial charge on any atom is -0.370 e. The molecule has 0 unspecified atom stereocenters. The number of anilines is 1. The summed E-state index contributed by atoms with van der Waals surface area (Å²) < 4.78 is 0. The second-order valence-electron chi connectivity index (χ2n) is 5.56. The minimum absolute atomic E-state index is 0.0844. The summed E-state index contributed by atoms with van der Waals surface area (Å²) in [5, 5.41) is 12.6. The zero-order chi connectivity index (χ0) is 16.4. The molecule has 0 aliphatic heterocycles. The Morgan fingerprint density at radius 2 is 1.91 bits per heavy atom. The van der Waals surface area contributed by atoms with E-state index in [2.05, 4.69) is 28.9 Å². The SMILES string of the molecule is Cc1ccccc1CN(C)c1ccc([N+](=O)[O-])c2cnccc12. The number of pyridine rings is 1.